The minimum absolute atomic E-state index is 0.0248. The number of rotatable bonds is 4. The zero-order valence-electron chi connectivity index (χ0n) is 10.8. The lowest BCUT2D eigenvalue weighted by molar-refractivity contribution is 0.0244. The Morgan fingerprint density at radius 3 is 2.68 bits per heavy atom. The Morgan fingerprint density at radius 1 is 1.37 bits per heavy atom. The van der Waals surface area contributed by atoms with Crippen molar-refractivity contribution in [2.75, 3.05) is 26.0 Å². The molecule has 7 heteroatoms. The topological polar surface area (TPSA) is 90.7 Å². The van der Waals surface area contributed by atoms with E-state index in [0.29, 0.717) is 24.7 Å². The maximum atomic E-state index is 11.9. The van der Waals surface area contributed by atoms with Crippen LogP contribution in [0.5, 0.6) is 5.75 Å². The van der Waals surface area contributed by atoms with Gasteiger partial charge in [0.05, 0.1) is 13.2 Å². The van der Waals surface area contributed by atoms with Gasteiger partial charge >= 0.3 is 0 Å². The molecular formula is C12H18N2O4S. The van der Waals surface area contributed by atoms with Crippen LogP contribution in [0.4, 0.5) is 5.69 Å². The van der Waals surface area contributed by atoms with Crippen molar-refractivity contribution in [2.45, 2.75) is 23.8 Å². The molecule has 0 spiro atoms. The lowest BCUT2D eigenvalue weighted by Crippen LogP contribution is -2.27. The van der Waals surface area contributed by atoms with Gasteiger partial charge in [-0.3, -0.25) is 0 Å². The van der Waals surface area contributed by atoms with Crippen molar-refractivity contribution < 1.29 is 17.9 Å². The first-order chi connectivity index (χ1) is 9.03. The van der Waals surface area contributed by atoms with Gasteiger partial charge in [0.25, 0.3) is 0 Å². The van der Waals surface area contributed by atoms with Gasteiger partial charge in [0.2, 0.25) is 10.0 Å². The average Bonchev–Trinajstić information content (AvgIpc) is 2.42. The van der Waals surface area contributed by atoms with Crippen LogP contribution in [-0.2, 0) is 14.8 Å². The third-order valence-corrected chi connectivity index (χ3v) is 4.42. The Hall–Kier alpha value is -1.31. The van der Waals surface area contributed by atoms with Crippen molar-refractivity contribution in [3.8, 4) is 5.75 Å². The van der Waals surface area contributed by atoms with E-state index in [4.69, 9.17) is 15.2 Å². The van der Waals surface area contributed by atoms with Gasteiger partial charge in [0, 0.05) is 18.5 Å². The molecule has 1 aromatic rings. The monoisotopic (exact) mass is 286 g/mol. The van der Waals surface area contributed by atoms with Gasteiger partial charge in [-0.1, -0.05) is 0 Å². The van der Waals surface area contributed by atoms with Crippen LogP contribution in [0.25, 0.3) is 0 Å². The van der Waals surface area contributed by atoms with E-state index in [-0.39, 0.29) is 11.0 Å². The van der Waals surface area contributed by atoms with Crippen LogP contribution in [-0.4, -0.2) is 34.8 Å². The molecule has 0 amide bonds. The van der Waals surface area contributed by atoms with Crippen LogP contribution >= 0.6 is 0 Å². The van der Waals surface area contributed by atoms with E-state index in [1.807, 2.05) is 0 Å². The number of sulfonamides is 1. The van der Waals surface area contributed by atoms with Crippen molar-refractivity contribution >= 4 is 15.7 Å². The molecule has 106 valence electrons. The van der Waals surface area contributed by atoms with Gasteiger partial charge in [-0.2, -0.15) is 0 Å². The molecule has 1 aliphatic rings. The maximum Gasteiger partial charge on any atom is 0.244 e. The van der Waals surface area contributed by atoms with Crippen LogP contribution in [0.15, 0.2) is 23.1 Å². The van der Waals surface area contributed by atoms with Crippen molar-refractivity contribution in [3.05, 3.63) is 18.2 Å². The van der Waals surface area contributed by atoms with E-state index in [1.165, 1.54) is 13.1 Å². The molecule has 0 radical (unpaired) electrons. The Labute approximate surface area is 112 Å². The van der Waals surface area contributed by atoms with Crippen molar-refractivity contribution in [2.24, 2.45) is 0 Å². The summed E-state index contributed by atoms with van der Waals surface area (Å²) in [5, 5.41) is 0. The summed E-state index contributed by atoms with van der Waals surface area (Å²) in [7, 11) is -2.23. The van der Waals surface area contributed by atoms with Gasteiger partial charge in [0.15, 0.2) is 0 Å². The van der Waals surface area contributed by atoms with Crippen LogP contribution in [0.3, 0.4) is 0 Å². The van der Waals surface area contributed by atoms with E-state index < -0.39 is 10.0 Å². The van der Waals surface area contributed by atoms with E-state index in [1.54, 1.807) is 12.1 Å². The molecule has 1 fully saturated rings. The van der Waals surface area contributed by atoms with Gasteiger partial charge in [-0.15, -0.1) is 0 Å². The number of nitrogens with one attached hydrogen (secondary N) is 1. The molecule has 19 heavy (non-hydrogen) atoms. The number of hydrogen-bond donors (Lipinski definition) is 2. The average molecular weight is 286 g/mol. The summed E-state index contributed by atoms with van der Waals surface area (Å²) >= 11 is 0. The molecule has 0 bridgehead atoms. The smallest absolute Gasteiger partial charge is 0.244 e. The second kappa shape index (κ2) is 5.77. The van der Waals surface area contributed by atoms with E-state index in [2.05, 4.69) is 4.72 Å². The van der Waals surface area contributed by atoms with E-state index in [0.717, 1.165) is 12.8 Å². The summed E-state index contributed by atoms with van der Waals surface area (Å²) in [6.07, 6.45) is 1.48. The predicted octanol–water partition coefficient (Wildman–Crippen LogP) is 0.735. The van der Waals surface area contributed by atoms with Gasteiger partial charge in [-0.25, -0.2) is 13.1 Å². The molecule has 1 aliphatic heterocycles. The molecule has 1 heterocycles. The molecule has 1 aromatic carbocycles. The number of anilines is 1. The molecule has 0 atom stereocenters. The lowest BCUT2D eigenvalue weighted by atomic mass is 10.1. The second-order valence-corrected chi connectivity index (χ2v) is 6.20. The number of nitrogen functional groups attached to an aromatic ring is 1. The number of ether oxygens (including phenoxy) is 2. The highest BCUT2D eigenvalue weighted by molar-refractivity contribution is 7.89. The Kier molecular flexibility index (Phi) is 4.28. The highest BCUT2D eigenvalue weighted by Crippen LogP contribution is 2.28. The summed E-state index contributed by atoms with van der Waals surface area (Å²) in [4.78, 5) is 0.0708. The highest BCUT2D eigenvalue weighted by Gasteiger charge is 2.22. The SMILES string of the molecule is CNS(=O)(=O)c1cc(N)ccc1OC1CCOCC1. The van der Waals surface area contributed by atoms with Gasteiger partial charge < -0.3 is 15.2 Å². The Morgan fingerprint density at radius 2 is 2.05 bits per heavy atom. The largest absolute Gasteiger partial charge is 0.489 e. The molecule has 0 aliphatic carbocycles. The normalized spacial score (nSPS) is 17.3. The second-order valence-electron chi connectivity index (χ2n) is 4.34. The van der Waals surface area contributed by atoms with Gasteiger partial charge in [-0.05, 0) is 25.2 Å². The molecule has 2 rings (SSSR count). The predicted molar refractivity (Wildman–Crippen MR) is 71.6 cm³/mol. The Bertz CT molecular complexity index is 539. The summed E-state index contributed by atoms with van der Waals surface area (Å²) in [6, 6.07) is 4.62. The van der Waals surface area contributed by atoms with Gasteiger partial charge in [0.1, 0.15) is 16.7 Å². The summed E-state index contributed by atoms with van der Waals surface area (Å²) in [5.41, 5.74) is 6.03. The minimum Gasteiger partial charge on any atom is -0.489 e. The third kappa shape index (κ3) is 3.37. The summed E-state index contributed by atoms with van der Waals surface area (Å²) < 4.78 is 37.2. The third-order valence-electron chi connectivity index (χ3n) is 2.99. The van der Waals surface area contributed by atoms with Crippen LogP contribution in [0.1, 0.15) is 12.8 Å². The standard InChI is InChI=1S/C12H18N2O4S/c1-14-19(15,16)12-8-9(13)2-3-11(12)18-10-4-6-17-7-5-10/h2-3,8,10,14H,4-7,13H2,1H3. The first kappa shape index (κ1) is 14.1. The molecule has 6 nitrogen and oxygen atoms in total. The molecular weight excluding hydrogens is 268 g/mol. The first-order valence-electron chi connectivity index (χ1n) is 6.10. The molecule has 0 unspecified atom stereocenters. The van der Waals surface area contributed by atoms with E-state index >= 15 is 0 Å². The fourth-order valence-electron chi connectivity index (χ4n) is 1.92. The minimum atomic E-state index is -3.59. The molecule has 0 saturated carbocycles. The highest BCUT2D eigenvalue weighted by atomic mass is 32.2. The van der Waals surface area contributed by atoms with Crippen molar-refractivity contribution in [3.63, 3.8) is 0 Å². The molecule has 0 aromatic heterocycles. The Balaban J connectivity index is 2.29. The summed E-state index contributed by atoms with van der Waals surface area (Å²) in [6.45, 7) is 1.27. The fourth-order valence-corrected chi connectivity index (χ4v) is 2.81. The van der Waals surface area contributed by atoms with Crippen LogP contribution < -0.4 is 15.2 Å². The van der Waals surface area contributed by atoms with Crippen molar-refractivity contribution in [1.82, 2.24) is 4.72 Å². The zero-order valence-corrected chi connectivity index (χ0v) is 11.6. The van der Waals surface area contributed by atoms with E-state index in [9.17, 15) is 8.42 Å². The lowest BCUT2D eigenvalue weighted by Gasteiger charge is -2.24. The molecule has 3 N–H and O–H groups in total. The zero-order chi connectivity index (χ0) is 13.9. The summed E-state index contributed by atoms with van der Waals surface area (Å²) in [5.74, 6) is 0.329. The quantitative estimate of drug-likeness (QED) is 0.796. The fraction of sp³-hybridized carbons (Fsp3) is 0.500. The van der Waals surface area contributed by atoms with Crippen LogP contribution in [0.2, 0.25) is 0 Å². The number of benzene rings is 1. The number of nitrogens with two attached hydrogens (primary N) is 1. The van der Waals surface area contributed by atoms with Crippen molar-refractivity contribution in [1.29, 1.82) is 0 Å². The molecule has 1 saturated heterocycles. The maximum absolute atomic E-state index is 11.9. The number of hydrogen-bond acceptors (Lipinski definition) is 5. The van der Waals surface area contributed by atoms with Crippen LogP contribution in [0, 0.1) is 0 Å². The first-order valence-corrected chi connectivity index (χ1v) is 7.59.